The first-order chi connectivity index (χ1) is 10.3. The minimum absolute atomic E-state index is 0. The van der Waals surface area contributed by atoms with E-state index in [1.807, 2.05) is 12.1 Å². The molecule has 8 heteroatoms. The van der Waals surface area contributed by atoms with Gasteiger partial charge in [-0.15, -0.1) is 24.8 Å². The number of rotatable bonds is 4. The van der Waals surface area contributed by atoms with Crippen molar-refractivity contribution in [3.05, 3.63) is 28.8 Å². The molecule has 3 nitrogen and oxygen atoms in total. The quantitative estimate of drug-likeness (QED) is 0.813. The Balaban J connectivity index is 0.00000264. The lowest BCUT2D eigenvalue weighted by Gasteiger charge is -2.36. The van der Waals surface area contributed by atoms with Crippen LogP contribution in [0.5, 0.6) is 5.75 Å². The maximum absolute atomic E-state index is 12.7. The van der Waals surface area contributed by atoms with Crippen molar-refractivity contribution in [1.82, 2.24) is 10.2 Å². The highest BCUT2D eigenvalue weighted by Gasteiger charge is 2.31. The highest BCUT2D eigenvalue weighted by molar-refractivity contribution is 5.85. The van der Waals surface area contributed by atoms with Gasteiger partial charge in [-0.05, 0) is 37.0 Å². The molecule has 0 aliphatic carbocycles. The van der Waals surface area contributed by atoms with Crippen molar-refractivity contribution in [1.29, 1.82) is 0 Å². The predicted molar refractivity (Wildman–Crippen MR) is 94.5 cm³/mol. The number of aryl methyl sites for hydroxylation is 2. The second kappa shape index (κ2) is 9.70. The van der Waals surface area contributed by atoms with E-state index in [0.717, 1.165) is 31.7 Å². The molecule has 1 aliphatic rings. The molecule has 0 saturated carbocycles. The lowest BCUT2D eigenvalue weighted by Crippen LogP contribution is -2.45. The molecule has 1 aromatic carbocycles. The van der Waals surface area contributed by atoms with Gasteiger partial charge in [0, 0.05) is 38.6 Å². The first kappa shape index (κ1) is 23.3. The third kappa shape index (κ3) is 6.31. The Bertz CT molecular complexity index is 498. The first-order valence-electron chi connectivity index (χ1n) is 7.59. The van der Waals surface area contributed by atoms with Gasteiger partial charge in [-0.2, -0.15) is 13.2 Å². The molecular formula is C16H25Cl2F3N2O. The summed E-state index contributed by atoms with van der Waals surface area (Å²) in [4.78, 5) is 2.10. The van der Waals surface area contributed by atoms with Gasteiger partial charge in [0.1, 0.15) is 5.75 Å². The second-order valence-corrected chi connectivity index (χ2v) is 5.96. The zero-order valence-corrected chi connectivity index (χ0v) is 15.5. The normalized spacial score (nSPS) is 16.9. The van der Waals surface area contributed by atoms with Gasteiger partial charge >= 0.3 is 6.18 Å². The Labute approximate surface area is 153 Å². The fraction of sp³-hybridized carbons (Fsp3) is 0.625. The fourth-order valence-corrected chi connectivity index (χ4v) is 3.04. The minimum atomic E-state index is -4.15. The molecule has 2 N–H and O–H groups in total. The molecule has 0 spiro atoms. The van der Waals surface area contributed by atoms with Crippen LogP contribution < -0.4 is 5.32 Å². The number of nitrogens with one attached hydrogen (secondary N) is 1. The molecule has 1 heterocycles. The Morgan fingerprint density at radius 3 is 2.08 bits per heavy atom. The highest BCUT2D eigenvalue weighted by Crippen LogP contribution is 2.34. The van der Waals surface area contributed by atoms with Gasteiger partial charge < -0.3 is 10.4 Å². The van der Waals surface area contributed by atoms with Gasteiger partial charge in [0.05, 0.1) is 0 Å². The van der Waals surface area contributed by atoms with Crippen molar-refractivity contribution in [2.45, 2.75) is 38.9 Å². The van der Waals surface area contributed by atoms with Crippen LogP contribution in [0.3, 0.4) is 0 Å². The number of hydrogen-bond donors (Lipinski definition) is 2. The summed E-state index contributed by atoms with van der Waals surface area (Å²) in [6, 6.07) is 3.36. The summed E-state index contributed by atoms with van der Waals surface area (Å²) < 4.78 is 38.0. The monoisotopic (exact) mass is 388 g/mol. The highest BCUT2D eigenvalue weighted by atomic mass is 35.5. The number of alkyl halides is 3. The number of phenolic OH excluding ortho intramolecular Hbond substituents is 1. The molecule has 0 radical (unpaired) electrons. The molecule has 2 rings (SSSR count). The van der Waals surface area contributed by atoms with Crippen LogP contribution >= 0.6 is 24.8 Å². The summed E-state index contributed by atoms with van der Waals surface area (Å²) in [6.07, 6.45) is -4.89. The topological polar surface area (TPSA) is 35.5 Å². The standard InChI is InChI=1S/C16H23F3N2O.2ClH/c1-11-9-13(10-12(2)15(11)22)14(3-4-16(17,18)19)21-7-5-20-6-8-21;;/h9-10,14,20,22H,3-8H2,1-2H3;2*1H/t14-;;/m0../s1. The lowest BCUT2D eigenvalue weighted by atomic mass is 9.95. The molecule has 140 valence electrons. The molecule has 0 bridgehead atoms. The minimum Gasteiger partial charge on any atom is -0.507 e. The number of benzene rings is 1. The zero-order chi connectivity index (χ0) is 16.3. The average Bonchev–Trinajstić information content (AvgIpc) is 2.45. The predicted octanol–water partition coefficient (Wildman–Crippen LogP) is 4.14. The van der Waals surface area contributed by atoms with E-state index in [0.29, 0.717) is 11.1 Å². The summed E-state index contributed by atoms with van der Waals surface area (Å²) in [5, 5.41) is 13.1. The van der Waals surface area contributed by atoms with Crippen molar-refractivity contribution in [2.75, 3.05) is 26.2 Å². The Hall–Kier alpha value is -0.690. The van der Waals surface area contributed by atoms with E-state index in [9.17, 15) is 18.3 Å². The molecular weight excluding hydrogens is 364 g/mol. The second-order valence-electron chi connectivity index (χ2n) is 5.96. The van der Waals surface area contributed by atoms with Crippen molar-refractivity contribution in [3.8, 4) is 5.75 Å². The van der Waals surface area contributed by atoms with E-state index in [-0.39, 0.29) is 43.0 Å². The molecule has 1 atom stereocenters. The van der Waals surface area contributed by atoms with Gasteiger partial charge in [-0.25, -0.2) is 0 Å². The maximum atomic E-state index is 12.7. The van der Waals surface area contributed by atoms with Gasteiger partial charge in [-0.3, -0.25) is 4.90 Å². The lowest BCUT2D eigenvalue weighted by molar-refractivity contribution is -0.138. The van der Waals surface area contributed by atoms with E-state index in [1.165, 1.54) is 0 Å². The number of nitrogens with zero attached hydrogens (tertiary/aromatic N) is 1. The van der Waals surface area contributed by atoms with E-state index < -0.39 is 12.6 Å². The average molecular weight is 389 g/mol. The van der Waals surface area contributed by atoms with E-state index >= 15 is 0 Å². The van der Waals surface area contributed by atoms with Crippen LogP contribution in [-0.4, -0.2) is 42.4 Å². The number of hydrogen-bond acceptors (Lipinski definition) is 3. The van der Waals surface area contributed by atoms with Crippen LogP contribution in [-0.2, 0) is 0 Å². The SMILES string of the molecule is Cc1cc([C@H](CCC(F)(F)F)N2CCNCC2)cc(C)c1O.Cl.Cl. The van der Waals surface area contributed by atoms with Crippen LogP contribution in [0.25, 0.3) is 0 Å². The Morgan fingerprint density at radius 1 is 1.12 bits per heavy atom. The number of halogens is 5. The van der Waals surface area contributed by atoms with Gasteiger partial charge in [0.15, 0.2) is 0 Å². The van der Waals surface area contributed by atoms with Crippen molar-refractivity contribution in [2.24, 2.45) is 0 Å². The van der Waals surface area contributed by atoms with Crippen LogP contribution in [0, 0.1) is 13.8 Å². The number of phenols is 1. The summed E-state index contributed by atoms with van der Waals surface area (Å²) in [5.74, 6) is 0.221. The van der Waals surface area contributed by atoms with E-state index in [1.54, 1.807) is 13.8 Å². The number of aromatic hydroxyl groups is 1. The van der Waals surface area contributed by atoms with Crippen LogP contribution in [0.1, 0.15) is 35.6 Å². The first-order valence-corrected chi connectivity index (χ1v) is 7.59. The molecule has 24 heavy (non-hydrogen) atoms. The molecule has 1 aliphatic heterocycles. The van der Waals surface area contributed by atoms with Crippen molar-refractivity contribution >= 4 is 24.8 Å². The summed E-state index contributed by atoms with van der Waals surface area (Å²) in [6.45, 7) is 6.62. The zero-order valence-electron chi connectivity index (χ0n) is 13.8. The Kier molecular flexibility index (Phi) is 9.43. The van der Waals surface area contributed by atoms with Crippen molar-refractivity contribution in [3.63, 3.8) is 0 Å². The molecule has 1 fully saturated rings. The van der Waals surface area contributed by atoms with Crippen LogP contribution in [0.4, 0.5) is 13.2 Å². The third-order valence-electron chi connectivity index (χ3n) is 4.19. The van der Waals surface area contributed by atoms with E-state index in [4.69, 9.17) is 0 Å². The molecule has 0 unspecified atom stereocenters. The molecule has 1 saturated heterocycles. The fourth-order valence-electron chi connectivity index (χ4n) is 3.04. The van der Waals surface area contributed by atoms with E-state index in [2.05, 4.69) is 10.2 Å². The summed E-state index contributed by atoms with van der Waals surface area (Å²) in [5.41, 5.74) is 2.28. The largest absolute Gasteiger partial charge is 0.507 e. The van der Waals surface area contributed by atoms with Crippen LogP contribution in [0.15, 0.2) is 12.1 Å². The van der Waals surface area contributed by atoms with Gasteiger partial charge in [0.2, 0.25) is 0 Å². The van der Waals surface area contributed by atoms with Gasteiger partial charge in [0.25, 0.3) is 0 Å². The molecule has 0 aromatic heterocycles. The van der Waals surface area contributed by atoms with Crippen molar-refractivity contribution < 1.29 is 18.3 Å². The maximum Gasteiger partial charge on any atom is 0.389 e. The molecule has 0 amide bonds. The Morgan fingerprint density at radius 2 is 1.62 bits per heavy atom. The molecule has 1 aromatic rings. The number of piperazine rings is 1. The third-order valence-corrected chi connectivity index (χ3v) is 4.19. The van der Waals surface area contributed by atoms with Gasteiger partial charge in [-0.1, -0.05) is 12.1 Å². The van der Waals surface area contributed by atoms with Crippen LogP contribution in [0.2, 0.25) is 0 Å². The smallest absolute Gasteiger partial charge is 0.389 e. The summed E-state index contributed by atoms with van der Waals surface area (Å²) in [7, 11) is 0. The summed E-state index contributed by atoms with van der Waals surface area (Å²) >= 11 is 0.